The predicted octanol–water partition coefficient (Wildman–Crippen LogP) is 2.77. The Bertz CT molecular complexity index is 887. The molecule has 1 aliphatic carbocycles. The van der Waals surface area contributed by atoms with Crippen molar-refractivity contribution in [2.24, 2.45) is 0 Å². The fourth-order valence-corrected chi connectivity index (χ4v) is 4.11. The Balaban J connectivity index is 1.53. The first-order valence-electron chi connectivity index (χ1n) is 10.1. The Morgan fingerprint density at radius 2 is 2.04 bits per heavy atom. The van der Waals surface area contributed by atoms with Gasteiger partial charge in [0.05, 0.1) is 5.56 Å². The zero-order valence-corrected chi connectivity index (χ0v) is 16.6. The first-order chi connectivity index (χ1) is 13.6. The van der Waals surface area contributed by atoms with Crippen molar-refractivity contribution in [2.45, 2.75) is 44.6 Å². The molecule has 28 heavy (non-hydrogen) atoms. The molecule has 0 radical (unpaired) electrons. The fourth-order valence-electron chi connectivity index (χ4n) is 4.11. The highest BCUT2D eigenvalue weighted by Gasteiger charge is 2.25. The van der Waals surface area contributed by atoms with Crippen molar-refractivity contribution in [3.63, 3.8) is 0 Å². The molecule has 1 aliphatic heterocycles. The van der Waals surface area contributed by atoms with E-state index >= 15 is 0 Å². The van der Waals surface area contributed by atoms with Gasteiger partial charge >= 0.3 is 0 Å². The summed E-state index contributed by atoms with van der Waals surface area (Å²) in [6.45, 7) is 1.76. The second kappa shape index (κ2) is 8.01. The van der Waals surface area contributed by atoms with Gasteiger partial charge in [0.15, 0.2) is 0 Å². The van der Waals surface area contributed by atoms with Crippen molar-refractivity contribution >= 4 is 17.5 Å². The molecule has 1 fully saturated rings. The van der Waals surface area contributed by atoms with E-state index in [1.54, 1.807) is 6.33 Å². The molecule has 0 saturated carbocycles. The number of piperidine rings is 1. The molecule has 3 heterocycles. The van der Waals surface area contributed by atoms with Crippen molar-refractivity contribution < 1.29 is 0 Å². The molecule has 7 nitrogen and oxygen atoms in total. The maximum atomic E-state index is 9.68. The summed E-state index contributed by atoms with van der Waals surface area (Å²) in [6.07, 6.45) is 8.19. The Morgan fingerprint density at radius 3 is 2.86 bits per heavy atom. The van der Waals surface area contributed by atoms with Crippen LogP contribution in [0, 0.1) is 11.3 Å². The van der Waals surface area contributed by atoms with Crippen LogP contribution in [0.25, 0.3) is 0 Å². The van der Waals surface area contributed by atoms with Crippen LogP contribution in [0.4, 0.5) is 17.5 Å². The smallest absolute Gasteiger partial charge is 0.146 e. The lowest BCUT2D eigenvalue weighted by Gasteiger charge is -2.35. The van der Waals surface area contributed by atoms with Gasteiger partial charge in [0.1, 0.15) is 29.9 Å². The number of pyridine rings is 1. The Kier molecular flexibility index (Phi) is 5.29. The molecular formula is C21H27N7. The van der Waals surface area contributed by atoms with Crippen molar-refractivity contribution in [3.05, 3.63) is 35.3 Å². The second-order valence-electron chi connectivity index (χ2n) is 7.87. The molecule has 1 saturated heterocycles. The third kappa shape index (κ3) is 3.86. The lowest BCUT2D eigenvalue weighted by Crippen LogP contribution is -2.43. The molecule has 0 bridgehead atoms. The molecule has 7 heteroatoms. The van der Waals surface area contributed by atoms with Gasteiger partial charge < -0.3 is 15.1 Å². The van der Waals surface area contributed by atoms with Gasteiger partial charge in [-0.2, -0.15) is 5.26 Å². The van der Waals surface area contributed by atoms with Gasteiger partial charge in [-0.05, 0) is 50.2 Å². The van der Waals surface area contributed by atoms with Gasteiger partial charge in [-0.1, -0.05) is 0 Å². The Labute approximate surface area is 166 Å². The predicted molar refractivity (Wildman–Crippen MR) is 111 cm³/mol. The van der Waals surface area contributed by atoms with E-state index in [2.05, 4.69) is 32.3 Å². The summed E-state index contributed by atoms with van der Waals surface area (Å²) < 4.78 is 0. The van der Waals surface area contributed by atoms with E-state index in [1.807, 2.05) is 25.1 Å². The molecule has 1 N–H and O–H groups in total. The van der Waals surface area contributed by atoms with Gasteiger partial charge in [-0.3, -0.25) is 0 Å². The lowest BCUT2D eigenvalue weighted by molar-refractivity contribution is 0.524. The van der Waals surface area contributed by atoms with Crippen LogP contribution in [0.15, 0.2) is 18.5 Å². The molecule has 4 rings (SSSR count). The largest absolute Gasteiger partial charge is 0.365 e. The van der Waals surface area contributed by atoms with Crippen LogP contribution in [-0.4, -0.2) is 48.2 Å². The van der Waals surface area contributed by atoms with Crippen LogP contribution >= 0.6 is 0 Å². The van der Waals surface area contributed by atoms with E-state index in [4.69, 9.17) is 4.98 Å². The third-order valence-corrected chi connectivity index (χ3v) is 5.58. The summed E-state index contributed by atoms with van der Waals surface area (Å²) in [7, 11) is 3.94. The summed E-state index contributed by atoms with van der Waals surface area (Å²) >= 11 is 0. The number of nitrogens with zero attached hydrogens (tertiary/aromatic N) is 6. The zero-order chi connectivity index (χ0) is 19.5. The summed E-state index contributed by atoms with van der Waals surface area (Å²) in [6, 6.07) is 6.68. The molecule has 2 aromatic heterocycles. The molecule has 1 atom stereocenters. The molecule has 1 unspecified atom stereocenters. The van der Waals surface area contributed by atoms with E-state index in [0.29, 0.717) is 5.56 Å². The number of anilines is 3. The first kappa shape index (κ1) is 18.5. The van der Waals surface area contributed by atoms with Crippen LogP contribution in [0.5, 0.6) is 0 Å². The monoisotopic (exact) mass is 377 g/mol. The van der Waals surface area contributed by atoms with E-state index in [0.717, 1.165) is 56.2 Å². The highest BCUT2D eigenvalue weighted by molar-refractivity contribution is 5.57. The van der Waals surface area contributed by atoms with Gasteiger partial charge in [0.2, 0.25) is 0 Å². The SMILES string of the molecule is CN(C)c1cc(NC2CCCN(c3nc4c(cc3C#N)CCCC4)C2)ncn1. The minimum absolute atomic E-state index is 0.267. The van der Waals surface area contributed by atoms with Crippen molar-refractivity contribution in [3.8, 4) is 6.07 Å². The Morgan fingerprint density at radius 1 is 1.18 bits per heavy atom. The van der Waals surface area contributed by atoms with Crippen LogP contribution in [0.2, 0.25) is 0 Å². The minimum atomic E-state index is 0.267. The average molecular weight is 377 g/mol. The molecular weight excluding hydrogens is 350 g/mol. The van der Waals surface area contributed by atoms with Crippen LogP contribution in [-0.2, 0) is 12.8 Å². The van der Waals surface area contributed by atoms with E-state index in [-0.39, 0.29) is 6.04 Å². The van der Waals surface area contributed by atoms with Crippen LogP contribution in [0.3, 0.4) is 0 Å². The second-order valence-corrected chi connectivity index (χ2v) is 7.87. The van der Waals surface area contributed by atoms with Gasteiger partial charge in [-0.15, -0.1) is 0 Å². The highest BCUT2D eigenvalue weighted by Crippen LogP contribution is 2.28. The molecule has 0 amide bonds. The number of aromatic nitrogens is 3. The Hall–Kier alpha value is -2.88. The van der Waals surface area contributed by atoms with Crippen molar-refractivity contribution in [1.82, 2.24) is 15.0 Å². The minimum Gasteiger partial charge on any atom is -0.365 e. The zero-order valence-electron chi connectivity index (χ0n) is 16.6. The first-order valence-corrected chi connectivity index (χ1v) is 10.1. The maximum Gasteiger partial charge on any atom is 0.146 e. The number of aryl methyl sites for hydroxylation is 2. The normalized spacial score (nSPS) is 18.9. The average Bonchev–Trinajstić information content (AvgIpc) is 2.73. The number of rotatable bonds is 4. The van der Waals surface area contributed by atoms with Crippen molar-refractivity contribution in [2.75, 3.05) is 42.3 Å². The molecule has 0 aromatic carbocycles. The van der Waals surface area contributed by atoms with Crippen LogP contribution in [0.1, 0.15) is 42.5 Å². The molecule has 146 valence electrons. The standard InChI is InChI=1S/C21H27N7/c1-27(2)20-11-19(23-14-24-20)25-17-7-5-9-28(13-17)21-16(12-22)10-15-6-3-4-8-18(15)26-21/h10-11,14,17H,3-9,13H2,1-2H3,(H,23,24,25). The topological polar surface area (TPSA) is 81.0 Å². The van der Waals surface area contributed by atoms with E-state index in [1.165, 1.54) is 24.1 Å². The molecule has 2 aromatic rings. The number of nitriles is 1. The van der Waals surface area contributed by atoms with Crippen molar-refractivity contribution in [1.29, 1.82) is 5.26 Å². The summed E-state index contributed by atoms with van der Waals surface area (Å²) in [5, 5.41) is 13.2. The molecule has 0 spiro atoms. The number of hydrogen-bond acceptors (Lipinski definition) is 7. The lowest BCUT2D eigenvalue weighted by atomic mass is 9.94. The molecule has 2 aliphatic rings. The third-order valence-electron chi connectivity index (χ3n) is 5.58. The fraction of sp³-hybridized carbons (Fsp3) is 0.524. The number of fused-ring (bicyclic) bond motifs is 1. The van der Waals surface area contributed by atoms with Gasteiger partial charge in [0, 0.05) is 45.0 Å². The van der Waals surface area contributed by atoms with Gasteiger partial charge in [0.25, 0.3) is 0 Å². The summed E-state index contributed by atoms with van der Waals surface area (Å²) in [4.78, 5) is 17.8. The highest BCUT2D eigenvalue weighted by atomic mass is 15.2. The summed E-state index contributed by atoms with van der Waals surface area (Å²) in [5.41, 5.74) is 3.15. The van der Waals surface area contributed by atoms with E-state index < -0.39 is 0 Å². The quantitative estimate of drug-likeness (QED) is 0.877. The van der Waals surface area contributed by atoms with E-state index in [9.17, 15) is 5.26 Å². The maximum absolute atomic E-state index is 9.68. The summed E-state index contributed by atoms with van der Waals surface area (Å²) in [5.74, 6) is 2.57. The van der Waals surface area contributed by atoms with Gasteiger partial charge in [-0.25, -0.2) is 15.0 Å². The van der Waals surface area contributed by atoms with Crippen LogP contribution < -0.4 is 15.1 Å². The number of nitrogens with one attached hydrogen (secondary N) is 1. The number of hydrogen-bond donors (Lipinski definition) is 1.